The highest BCUT2D eigenvalue weighted by atomic mass is 16.4. The summed E-state index contributed by atoms with van der Waals surface area (Å²) in [5.41, 5.74) is 0.577. The van der Waals surface area contributed by atoms with E-state index in [2.05, 4.69) is 20.6 Å². The van der Waals surface area contributed by atoms with Gasteiger partial charge in [0.15, 0.2) is 5.69 Å². The van der Waals surface area contributed by atoms with Crippen LogP contribution in [0.2, 0.25) is 0 Å². The molecule has 2 heterocycles. The third-order valence-electron chi connectivity index (χ3n) is 2.22. The fourth-order valence-electron chi connectivity index (χ4n) is 1.42. The normalized spacial score (nSPS) is 10.2. The number of nitrogens with one attached hydrogen (secondary N) is 1. The Balaban J connectivity index is 1.99. The summed E-state index contributed by atoms with van der Waals surface area (Å²) in [4.78, 5) is 26.4. The molecule has 0 aliphatic carbocycles. The van der Waals surface area contributed by atoms with Crippen LogP contribution >= 0.6 is 0 Å². The van der Waals surface area contributed by atoms with Crippen molar-refractivity contribution >= 4 is 17.7 Å². The molecule has 0 atom stereocenters. The van der Waals surface area contributed by atoms with Gasteiger partial charge in [0, 0.05) is 5.69 Å². The molecule has 0 bridgehead atoms. The summed E-state index contributed by atoms with van der Waals surface area (Å²) in [6, 6.07) is 5.25. The summed E-state index contributed by atoms with van der Waals surface area (Å²) in [6.07, 6.45) is 1.19. The summed E-state index contributed by atoms with van der Waals surface area (Å²) in [5.74, 6) is -1.12. The number of aromatic carboxylic acids is 1. The van der Waals surface area contributed by atoms with Gasteiger partial charge >= 0.3 is 5.97 Å². The van der Waals surface area contributed by atoms with E-state index in [1.165, 1.54) is 6.20 Å². The van der Waals surface area contributed by atoms with Crippen molar-refractivity contribution in [2.24, 2.45) is 0 Å². The van der Waals surface area contributed by atoms with E-state index in [0.717, 1.165) is 10.4 Å². The third kappa shape index (κ3) is 3.35. The average Bonchev–Trinajstić information content (AvgIpc) is 2.77. The first kappa shape index (κ1) is 12.7. The number of nitrogens with zero attached hydrogens (tertiary/aromatic N) is 4. The molecule has 0 saturated carbocycles. The first-order valence-corrected chi connectivity index (χ1v) is 5.41. The Bertz CT molecular complexity index is 622. The fourth-order valence-corrected chi connectivity index (χ4v) is 1.42. The number of carboxylic acid groups (broad SMARTS) is 1. The van der Waals surface area contributed by atoms with Crippen molar-refractivity contribution in [3.63, 3.8) is 0 Å². The topological polar surface area (TPSA) is 110 Å². The van der Waals surface area contributed by atoms with Gasteiger partial charge in [0.1, 0.15) is 12.4 Å². The van der Waals surface area contributed by atoms with Gasteiger partial charge in [-0.3, -0.25) is 4.79 Å². The van der Waals surface area contributed by atoms with Crippen molar-refractivity contribution in [1.29, 1.82) is 0 Å². The number of aromatic nitrogens is 4. The van der Waals surface area contributed by atoms with Crippen LogP contribution in [0.15, 0.2) is 24.4 Å². The number of amides is 1. The van der Waals surface area contributed by atoms with Crippen molar-refractivity contribution in [2.75, 3.05) is 5.32 Å². The molecular weight excluding hydrogens is 250 g/mol. The average molecular weight is 261 g/mol. The van der Waals surface area contributed by atoms with Crippen molar-refractivity contribution in [1.82, 2.24) is 20.0 Å². The zero-order chi connectivity index (χ0) is 13.8. The second kappa shape index (κ2) is 5.25. The maximum atomic E-state index is 11.7. The number of carbonyl (C=O) groups excluding carboxylic acids is 1. The summed E-state index contributed by atoms with van der Waals surface area (Å²) >= 11 is 0. The first-order valence-electron chi connectivity index (χ1n) is 5.41. The van der Waals surface area contributed by atoms with Gasteiger partial charge in [0.25, 0.3) is 0 Å². The number of rotatable bonds is 4. The summed E-state index contributed by atoms with van der Waals surface area (Å²) in [7, 11) is 0. The zero-order valence-corrected chi connectivity index (χ0v) is 10.1. The van der Waals surface area contributed by atoms with Crippen LogP contribution in [0.25, 0.3) is 0 Å². The van der Waals surface area contributed by atoms with Gasteiger partial charge in [-0.25, -0.2) is 14.5 Å². The van der Waals surface area contributed by atoms with Gasteiger partial charge in [-0.1, -0.05) is 11.3 Å². The lowest BCUT2D eigenvalue weighted by Crippen LogP contribution is -2.19. The number of hydrogen-bond donors (Lipinski definition) is 2. The van der Waals surface area contributed by atoms with Gasteiger partial charge in [-0.05, 0) is 19.1 Å². The molecule has 0 radical (unpaired) electrons. The Labute approximate surface area is 108 Å². The van der Waals surface area contributed by atoms with Crippen molar-refractivity contribution in [3.8, 4) is 0 Å². The van der Waals surface area contributed by atoms with E-state index >= 15 is 0 Å². The quantitative estimate of drug-likeness (QED) is 0.820. The van der Waals surface area contributed by atoms with Crippen LogP contribution in [0.5, 0.6) is 0 Å². The minimum absolute atomic E-state index is 0.129. The maximum Gasteiger partial charge on any atom is 0.358 e. The molecule has 2 rings (SSSR count). The van der Waals surface area contributed by atoms with Gasteiger partial charge in [0.2, 0.25) is 5.91 Å². The summed E-state index contributed by atoms with van der Waals surface area (Å²) in [5, 5.41) is 18.2. The highest BCUT2D eigenvalue weighted by molar-refractivity contribution is 5.89. The van der Waals surface area contributed by atoms with E-state index in [4.69, 9.17) is 5.11 Å². The molecule has 0 aliphatic heterocycles. The predicted molar refractivity (Wildman–Crippen MR) is 64.6 cm³/mol. The number of aryl methyl sites for hydroxylation is 1. The molecule has 0 aliphatic rings. The number of anilines is 1. The first-order chi connectivity index (χ1) is 9.04. The van der Waals surface area contributed by atoms with E-state index in [9.17, 15) is 9.59 Å². The molecular formula is C11H11N5O3. The molecule has 19 heavy (non-hydrogen) atoms. The Hall–Kier alpha value is -2.77. The summed E-state index contributed by atoms with van der Waals surface area (Å²) in [6.45, 7) is 1.68. The van der Waals surface area contributed by atoms with E-state index in [1.54, 1.807) is 12.1 Å². The van der Waals surface area contributed by atoms with E-state index in [-0.39, 0.29) is 18.1 Å². The lowest BCUT2D eigenvalue weighted by molar-refractivity contribution is -0.117. The lowest BCUT2D eigenvalue weighted by Gasteiger charge is -2.04. The fraction of sp³-hybridized carbons (Fsp3) is 0.182. The van der Waals surface area contributed by atoms with Crippen LogP contribution < -0.4 is 5.32 Å². The van der Waals surface area contributed by atoms with Gasteiger partial charge in [-0.2, -0.15) is 0 Å². The molecule has 0 unspecified atom stereocenters. The molecule has 0 fully saturated rings. The largest absolute Gasteiger partial charge is 0.476 e. The number of pyridine rings is 1. The molecule has 0 aromatic carbocycles. The highest BCUT2D eigenvalue weighted by Gasteiger charge is 2.11. The maximum absolute atomic E-state index is 11.7. The van der Waals surface area contributed by atoms with E-state index < -0.39 is 5.97 Å². The molecule has 2 aromatic rings. The van der Waals surface area contributed by atoms with Crippen LogP contribution in [-0.2, 0) is 11.3 Å². The Morgan fingerprint density at radius 2 is 2.21 bits per heavy atom. The Morgan fingerprint density at radius 1 is 1.42 bits per heavy atom. The smallest absolute Gasteiger partial charge is 0.358 e. The van der Waals surface area contributed by atoms with Crippen molar-refractivity contribution < 1.29 is 14.7 Å². The Morgan fingerprint density at radius 3 is 2.84 bits per heavy atom. The van der Waals surface area contributed by atoms with E-state index in [0.29, 0.717) is 5.82 Å². The molecule has 98 valence electrons. The van der Waals surface area contributed by atoms with Crippen LogP contribution in [0.4, 0.5) is 5.82 Å². The zero-order valence-electron chi connectivity index (χ0n) is 10.1. The minimum atomic E-state index is -1.19. The number of carbonyl (C=O) groups is 2. The van der Waals surface area contributed by atoms with Crippen molar-refractivity contribution in [2.45, 2.75) is 13.5 Å². The molecule has 2 N–H and O–H groups in total. The van der Waals surface area contributed by atoms with Crippen LogP contribution in [0.1, 0.15) is 16.2 Å². The molecule has 1 amide bonds. The Kier molecular flexibility index (Phi) is 3.51. The summed E-state index contributed by atoms with van der Waals surface area (Å²) < 4.78 is 1.15. The minimum Gasteiger partial charge on any atom is -0.476 e. The standard InChI is InChI=1S/C11H11N5O3/c1-7-3-2-4-9(12-7)13-10(17)6-16-5-8(11(18)19)14-15-16/h2-5H,6H2,1H3,(H,18,19)(H,12,13,17). The predicted octanol–water partition coefficient (Wildman–Crippen LogP) is 0.318. The monoisotopic (exact) mass is 261 g/mol. The van der Waals surface area contributed by atoms with Crippen molar-refractivity contribution in [3.05, 3.63) is 35.8 Å². The molecule has 8 nitrogen and oxygen atoms in total. The van der Waals surface area contributed by atoms with Crippen LogP contribution in [0, 0.1) is 6.92 Å². The van der Waals surface area contributed by atoms with Gasteiger partial charge in [-0.15, -0.1) is 5.10 Å². The molecule has 0 saturated heterocycles. The number of hydrogen-bond acceptors (Lipinski definition) is 5. The molecule has 0 spiro atoms. The van der Waals surface area contributed by atoms with Gasteiger partial charge in [0.05, 0.1) is 6.20 Å². The molecule has 2 aromatic heterocycles. The highest BCUT2D eigenvalue weighted by Crippen LogP contribution is 2.04. The second-order valence-electron chi connectivity index (χ2n) is 3.82. The van der Waals surface area contributed by atoms with E-state index in [1.807, 2.05) is 13.0 Å². The lowest BCUT2D eigenvalue weighted by atomic mass is 10.4. The van der Waals surface area contributed by atoms with Crippen LogP contribution in [0.3, 0.4) is 0 Å². The molecule has 8 heteroatoms. The SMILES string of the molecule is Cc1cccc(NC(=O)Cn2cc(C(=O)O)nn2)n1. The third-order valence-corrected chi connectivity index (χ3v) is 2.22. The number of carboxylic acids is 1. The second-order valence-corrected chi connectivity index (χ2v) is 3.82. The van der Waals surface area contributed by atoms with Gasteiger partial charge < -0.3 is 10.4 Å². The van der Waals surface area contributed by atoms with Crippen LogP contribution in [-0.4, -0.2) is 37.0 Å².